The fourth-order valence-corrected chi connectivity index (χ4v) is 2.23. The number of nitrogens with zero attached hydrogens (tertiary/aromatic N) is 3. The molecule has 5 nitrogen and oxygen atoms in total. The summed E-state index contributed by atoms with van der Waals surface area (Å²) in [4.78, 5) is 23.2. The predicted octanol–water partition coefficient (Wildman–Crippen LogP) is 3.15. The van der Waals surface area contributed by atoms with Gasteiger partial charge in [0.25, 0.3) is 5.91 Å². The molecule has 0 aliphatic rings. The Bertz CT molecular complexity index is 485. The van der Waals surface area contributed by atoms with E-state index in [4.69, 9.17) is 0 Å². The van der Waals surface area contributed by atoms with Gasteiger partial charge in [-0.25, -0.2) is 9.97 Å². The SMILES string of the molecule is CNc1cnc(C(C)C)nc1C(=O)N(C)C(C)CC(C)C. The molecule has 0 aliphatic heterocycles. The summed E-state index contributed by atoms with van der Waals surface area (Å²) >= 11 is 0. The number of nitrogens with one attached hydrogen (secondary N) is 1. The maximum Gasteiger partial charge on any atom is 0.274 e. The average Bonchev–Trinajstić information content (AvgIpc) is 2.44. The largest absolute Gasteiger partial charge is 0.385 e. The molecule has 0 fully saturated rings. The average molecular weight is 292 g/mol. The monoisotopic (exact) mass is 292 g/mol. The molecule has 0 bridgehead atoms. The van der Waals surface area contributed by atoms with Gasteiger partial charge in [-0.3, -0.25) is 4.79 Å². The Hall–Kier alpha value is -1.65. The van der Waals surface area contributed by atoms with Crippen LogP contribution in [-0.2, 0) is 0 Å². The van der Waals surface area contributed by atoms with Crippen LogP contribution >= 0.6 is 0 Å². The van der Waals surface area contributed by atoms with Gasteiger partial charge in [0.1, 0.15) is 5.82 Å². The van der Waals surface area contributed by atoms with Gasteiger partial charge < -0.3 is 10.2 Å². The van der Waals surface area contributed by atoms with Crippen molar-refractivity contribution in [3.8, 4) is 0 Å². The smallest absolute Gasteiger partial charge is 0.274 e. The number of hydrogen-bond donors (Lipinski definition) is 1. The number of hydrogen-bond acceptors (Lipinski definition) is 4. The fourth-order valence-electron chi connectivity index (χ4n) is 2.23. The molecule has 0 aromatic carbocycles. The van der Waals surface area contributed by atoms with Crippen LogP contribution in [-0.4, -0.2) is 40.9 Å². The van der Waals surface area contributed by atoms with Crippen molar-refractivity contribution in [2.24, 2.45) is 5.92 Å². The zero-order valence-corrected chi connectivity index (χ0v) is 14.3. The van der Waals surface area contributed by atoms with Gasteiger partial charge in [0.05, 0.1) is 11.9 Å². The molecular formula is C16H28N4O. The summed E-state index contributed by atoms with van der Waals surface area (Å²) in [5.41, 5.74) is 1.13. The summed E-state index contributed by atoms with van der Waals surface area (Å²) in [7, 11) is 3.62. The summed E-state index contributed by atoms with van der Waals surface area (Å²) in [6.45, 7) is 10.4. The first kappa shape index (κ1) is 17.4. The second-order valence-electron chi connectivity index (χ2n) is 6.29. The van der Waals surface area contributed by atoms with Crippen LogP contribution in [0.5, 0.6) is 0 Å². The van der Waals surface area contributed by atoms with E-state index in [0.717, 1.165) is 6.42 Å². The molecule has 0 saturated carbocycles. The highest BCUT2D eigenvalue weighted by Gasteiger charge is 2.23. The van der Waals surface area contributed by atoms with E-state index in [-0.39, 0.29) is 17.9 Å². The van der Waals surface area contributed by atoms with Gasteiger partial charge in [0.2, 0.25) is 0 Å². The van der Waals surface area contributed by atoms with Crippen molar-refractivity contribution in [3.63, 3.8) is 0 Å². The highest BCUT2D eigenvalue weighted by Crippen LogP contribution is 2.19. The topological polar surface area (TPSA) is 58.1 Å². The highest BCUT2D eigenvalue weighted by molar-refractivity contribution is 5.97. The molecule has 1 atom stereocenters. The fraction of sp³-hybridized carbons (Fsp3) is 0.688. The summed E-state index contributed by atoms with van der Waals surface area (Å²) < 4.78 is 0. The van der Waals surface area contributed by atoms with E-state index in [9.17, 15) is 4.79 Å². The maximum atomic E-state index is 12.7. The first-order valence-corrected chi connectivity index (χ1v) is 7.59. The van der Waals surface area contributed by atoms with Gasteiger partial charge in [0.15, 0.2) is 5.69 Å². The molecule has 118 valence electrons. The van der Waals surface area contributed by atoms with E-state index in [1.807, 2.05) is 20.9 Å². The Balaban J connectivity index is 3.07. The summed E-state index contributed by atoms with van der Waals surface area (Å²) in [5, 5.41) is 3.00. The first-order valence-electron chi connectivity index (χ1n) is 7.59. The third-order valence-electron chi connectivity index (χ3n) is 3.59. The quantitative estimate of drug-likeness (QED) is 0.875. The van der Waals surface area contributed by atoms with Crippen LogP contribution in [0, 0.1) is 5.92 Å². The van der Waals surface area contributed by atoms with Crippen molar-refractivity contribution in [1.82, 2.24) is 14.9 Å². The lowest BCUT2D eigenvalue weighted by Gasteiger charge is -2.26. The van der Waals surface area contributed by atoms with Crippen LogP contribution in [0.4, 0.5) is 5.69 Å². The second-order valence-corrected chi connectivity index (χ2v) is 6.29. The molecule has 5 heteroatoms. The van der Waals surface area contributed by atoms with Gasteiger partial charge in [-0.15, -0.1) is 0 Å². The van der Waals surface area contributed by atoms with Crippen molar-refractivity contribution < 1.29 is 4.79 Å². The van der Waals surface area contributed by atoms with E-state index >= 15 is 0 Å². The van der Waals surface area contributed by atoms with Crippen LogP contribution < -0.4 is 5.32 Å². The molecule has 1 N–H and O–H groups in total. The van der Waals surface area contributed by atoms with E-state index in [2.05, 4.69) is 36.1 Å². The van der Waals surface area contributed by atoms with E-state index in [1.165, 1.54) is 0 Å². The minimum Gasteiger partial charge on any atom is -0.385 e. The van der Waals surface area contributed by atoms with Crippen molar-refractivity contribution >= 4 is 11.6 Å². The molecule has 1 unspecified atom stereocenters. The first-order chi connectivity index (χ1) is 9.77. The van der Waals surface area contributed by atoms with Crippen LogP contribution in [0.15, 0.2) is 6.20 Å². The number of aromatic nitrogens is 2. The normalized spacial score (nSPS) is 12.6. The van der Waals surface area contributed by atoms with Gasteiger partial charge in [-0.2, -0.15) is 0 Å². The van der Waals surface area contributed by atoms with E-state index in [0.29, 0.717) is 23.1 Å². The Morgan fingerprint density at radius 3 is 2.38 bits per heavy atom. The molecule has 0 radical (unpaired) electrons. The van der Waals surface area contributed by atoms with Crippen LogP contribution in [0.2, 0.25) is 0 Å². The van der Waals surface area contributed by atoms with Gasteiger partial charge in [-0.05, 0) is 19.3 Å². The summed E-state index contributed by atoms with van der Waals surface area (Å²) in [6.07, 6.45) is 2.66. The molecule has 1 rings (SSSR count). The molecule has 1 amide bonds. The summed E-state index contributed by atoms with van der Waals surface area (Å²) in [5.74, 6) is 1.38. The molecule has 0 spiro atoms. The van der Waals surface area contributed by atoms with Crippen molar-refractivity contribution in [2.45, 2.75) is 53.0 Å². The lowest BCUT2D eigenvalue weighted by atomic mass is 10.0. The van der Waals surface area contributed by atoms with Crippen LogP contribution in [0.25, 0.3) is 0 Å². The molecule has 0 saturated heterocycles. The van der Waals surface area contributed by atoms with Gasteiger partial charge in [0, 0.05) is 26.1 Å². The van der Waals surface area contributed by atoms with E-state index in [1.54, 1.807) is 18.1 Å². The number of rotatable bonds is 6. The predicted molar refractivity (Wildman–Crippen MR) is 86.7 cm³/mol. The number of carbonyl (C=O) groups excluding carboxylic acids is 1. The van der Waals surface area contributed by atoms with E-state index < -0.39 is 0 Å². The van der Waals surface area contributed by atoms with Crippen molar-refractivity contribution in [2.75, 3.05) is 19.4 Å². The van der Waals surface area contributed by atoms with Crippen LogP contribution in [0.1, 0.15) is 63.3 Å². The van der Waals surface area contributed by atoms with Crippen molar-refractivity contribution in [1.29, 1.82) is 0 Å². The lowest BCUT2D eigenvalue weighted by molar-refractivity contribution is 0.0722. The maximum absolute atomic E-state index is 12.7. The second kappa shape index (κ2) is 7.38. The Morgan fingerprint density at radius 2 is 1.90 bits per heavy atom. The summed E-state index contributed by atoms with van der Waals surface area (Å²) in [6, 6.07) is 0.180. The molecule has 0 aliphatic carbocycles. The Morgan fingerprint density at radius 1 is 1.29 bits per heavy atom. The molecule has 1 aromatic heterocycles. The molecule has 21 heavy (non-hydrogen) atoms. The van der Waals surface area contributed by atoms with Gasteiger partial charge >= 0.3 is 0 Å². The minimum absolute atomic E-state index is 0.0585. The number of carbonyl (C=O) groups is 1. The molecule has 1 heterocycles. The minimum atomic E-state index is -0.0585. The Kier molecular flexibility index (Phi) is 6.12. The molecular weight excluding hydrogens is 264 g/mol. The highest BCUT2D eigenvalue weighted by atomic mass is 16.2. The van der Waals surface area contributed by atoms with Gasteiger partial charge in [-0.1, -0.05) is 27.7 Å². The zero-order chi connectivity index (χ0) is 16.2. The standard InChI is InChI=1S/C16H28N4O/c1-10(2)8-12(5)20(7)16(21)14-13(17-6)9-18-15(19-14)11(3)4/h9-12,17H,8H2,1-7H3. The zero-order valence-electron chi connectivity index (χ0n) is 14.3. The number of anilines is 1. The third-order valence-corrected chi connectivity index (χ3v) is 3.59. The number of amides is 1. The third kappa shape index (κ3) is 4.41. The lowest BCUT2D eigenvalue weighted by Crippen LogP contribution is -2.37. The van der Waals surface area contributed by atoms with Crippen LogP contribution in [0.3, 0.4) is 0 Å². The Labute approximate surface area is 128 Å². The van der Waals surface area contributed by atoms with Crippen molar-refractivity contribution in [3.05, 3.63) is 17.7 Å². The molecule has 1 aromatic rings.